The van der Waals surface area contributed by atoms with Crippen LogP contribution in [-0.4, -0.2) is 63.8 Å². The van der Waals surface area contributed by atoms with Crippen LogP contribution >= 0.6 is 0 Å². The molecule has 1 unspecified atom stereocenters. The Labute approximate surface area is 159 Å². The van der Waals surface area contributed by atoms with E-state index >= 15 is 0 Å². The van der Waals surface area contributed by atoms with Gasteiger partial charge >= 0.3 is 0 Å². The zero-order valence-corrected chi connectivity index (χ0v) is 16.4. The number of ether oxygens (including phenoxy) is 1. The molecular weight excluding hydrogens is 344 g/mol. The van der Waals surface area contributed by atoms with Crippen molar-refractivity contribution in [2.24, 2.45) is 13.0 Å². The summed E-state index contributed by atoms with van der Waals surface area (Å²) in [5.74, 6) is 2.14. The fourth-order valence-corrected chi connectivity index (χ4v) is 4.51. The fourth-order valence-electron chi connectivity index (χ4n) is 4.51. The number of aryl methyl sites for hydroxylation is 1. The summed E-state index contributed by atoms with van der Waals surface area (Å²) in [5.41, 5.74) is 0.800. The van der Waals surface area contributed by atoms with Crippen LogP contribution in [0.2, 0.25) is 0 Å². The van der Waals surface area contributed by atoms with Gasteiger partial charge in [-0.15, -0.1) is 0 Å². The topological polar surface area (TPSA) is 76.4 Å². The number of hydrogen-bond donors (Lipinski definition) is 0. The van der Waals surface area contributed by atoms with Crippen LogP contribution in [0.25, 0.3) is 11.0 Å². The second-order valence-corrected chi connectivity index (χ2v) is 7.84. The van der Waals surface area contributed by atoms with Gasteiger partial charge in [0, 0.05) is 52.7 Å². The Morgan fingerprint density at radius 2 is 2.07 bits per heavy atom. The van der Waals surface area contributed by atoms with Gasteiger partial charge < -0.3 is 14.5 Å². The second kappa shape index (κ2) is 7.42. The average molecular weight is 372 g/mol. The molecule has 1 aliphatic heterocycles. The Hall–Kier alpha value is -2.22. The van der Waals surface area contributed by atoms with Gasteiger partial charge in [0.15, 0.2) is 11.5 Å². The van der Waals surface area contributed by atoms with Gasteiger partial charge in [-0.1, -0.05) is 12.8 Å². The van der Waals surface area contributed by atoms with Crippen molar-refractivity contribution in [3.8, 4) is 0 Å². The zero-order chi connectivity index (χ0) is 19.0. The first-order valence-corrected chi connectivity index (χ1v) is 9.75. The first-order chi connectivity index (χ1) is 13.1. The highest BCUT2D eigenvalue weighted by molar-refractivity contribution is 5.87. The van der Waals surface area contributed by atoms with E-state index in [2.05, 4.69) is 19.9 Å². The lowest BCUT2D eigenvalue weighted by Crippen LogP contribution is -2.35. The lowest BCUT2D eigenvalue weighted by molar-refractivity contribution is -0.129. The molecule has 4 rings (SSSR count). The predicted molar refractivity (Wildman–Crippen MR) is 102 cm³/mol. The molecule has 1 aliphatic carbocycles. The van der Waals surface area contributed by atoms with Gasteiger partial charge in [-0.2, -0.15) is 5.10 Å². The molecule has 1 atom stereocenters. The molecule has 8 heteroatoms. The highest BCUT2D eigenvalue weighted by Gasteiger charge is 2.36. The van der Waals surface area contributed by atoms with Gasteiger partial charge in [0.05, 0.1) is 11.6 Å². The molecule has 2 aliphatic rings. The normalized spacial score (nSPS) is 20.9. The van der Waals surface area contributed by atoms with Gasteiger partial charge in [-0.25, -0.2) is 9.97 Å². The summed E-state index contributed by atoms with van der Waals surface area (Å²) in [5, 5.41) is 5.26. The quantitative estimate of drug-likeness (QED) is 0.769. The maximum absolute atomic E-state index is 12.5. The van der Waals surface area contributed by atoms with Crippen molar-refractivity contribution in [2.45, 2.75) is 44.8 Å². The minimum Gasteiger partial charge on any atom is -0.377 e. The van der Waals surface area contributed by atoms with E-state index < -0.39 is 0 Å². The maximum atomic E-state index is 12.5. The minimum absolute atomic E-state index is 0.314. The van der Waals surface area contributed by atoms with Crippen molar-refractivity contribution in [1.29, 1.82) is 0 Å². The Bertz CT molecular complexity index is 829. The number of carbonyl (C=O) groups excluding carboxylic acids is 1. The summed E-state index contributed by atoms with van der Waals surface area (Å²) in [6.07, 6.45) is 7.27. The van der Waals surface area contributed by atoms with Gasteiger partial charge in [0.1, 0.15) is 12.4 Å². The summed E-state index contributed by atoms with van der Waals surface area (Å²) in [6, 6.07) is 0.463. The Balaban J connectivity index is 1.53. The van der Waals surface area contributed by atoms with Crippen LogP contribution < -0.4 is 4.90 Å². The molecule has 0 bridgehead atoms. The summed E-state index contributed by atoms with van der Waals surface area (Å²) in [4.78, 5) is 26.0. The first kappa shape index (κ1) is 18.2. The highest BCUT2D eigenvalue weighted by Crippen LogP contribution is 2.31. The van der Waals surface area contributed by atoms with Crippen LogP contribution in [0, 0.1) is 5.92 Å². The fraction of sp³-hybridized carbons (Fsp3) is 0.684. The van der Waals surface area contributed by atoms with Gasteiger partial charge in [0.2, 0.25) is 5.91 Å². The van der Waals surface area contributed by atoms with E-state index in [1.807, 2.05) is 20.3 Å². The average Bonchev–Trinajstić information content (AvgIpc) is 3.36. The lowest BCUT2D eigenvalue weighted by atomic mass is 10.1. The van der Waals surface area contributed by atoms with Crippen LogP contribution in [0.15, 0.2) is 6.20 Å². The third kappa shape index (κ3) is 3.50. The number of carbonyl (C=O) groups is 1. The number of aromatic nitrogens is 4. The molecule has 8 nitrogen and oxygen atoms in total. The number of fused-ring (bicyclic) bond motifs is 1. The first-order valence-electron chi connectivity index (χ1n) is 9.75. The Kier molecular flexibility index (Phi) is 4.99. The second-order valence-electron chi connectivity index (χ2n) is 7.84. The molecule has 2 aromatic heterocycles. The molecule has 1 amide bonds. The van der Waals surface area contributed by atoms with Crippen molar-refractivity contribution < 1.29 is 9.53 Å². The molecule has 1 saturated heterocycles. The predicted octanol–water partition coefficient (Wildman–Crippen LogP) is 1.74. The lowest BCUT2D eigenvalue weighted by Gasteiger charge is -2.26. The van der Waals surface area contributed by atoms with Crippen molar-refractivity contribution >= 4 is 22.8 Å². The van der Waals surface area contributed by atoms with Crippen LogP contribution in [0.3, 0.4) is 0 Å². The van der Waals surface area contributed by atoms with Gasteiger partial charge in [0.25, 0.3) is 0 Å². The van der Waals surface area contributed by atoms with Crippen molar-refractivity contribution in [2.75, 3.05) is 32.1 Å². The molecule has 0 spiro atoms. The van der Waals surface area contributed by atoms with E-state index in [1.54, 1.807) is 11.8 Å². The maximum Gasteiger partial charge on any atom is 0.223 e. The van der Waals surface area contributed by atoms with Crippen LogP contribution in [-0.2, 0) is 23.2 Å². The number of amides is 1. The van der Waals surface area contributed by atoms with Crippen molar-refractivity contribution in [3.63, 3.8) is 0 Å². The van der Waals surface area contributed by atoms with E-state index in [0.717, 1.165) is 42.8 Å². The molecule has 2 fully saturated rings. The number of methoxy groups -OCH3 is 1. The van der Waals surface area contributed by atoms with Gasteiger partial charge in [-0.05, 0) is 12.8 Å². The minimum atomic E-state index is 0.314. The summed E-state index contributed by atoms with van der Waals surface area (Å²) in [6.45, 7) is 2.02. The largest absolute Gasteiger partial charge is 0.377 e. The molecule has 3 heterocycles. The van der Waals surface area contributed by atoms with Crippen LogP contribution in [0.5, 0.6) is 0 Å². The van der Waals surface area contributed by atoms with Crippen molar-refractivity contribution in [1.82, 2.24) is 24.6 Å². The molecular formula is C19H28N6O2. The monoisotopic (exact) mass is 372 g/mol. The smallest absolute Gasteiger partial charge is 0.223 e. The molecule has 2 aromatic rings. The molecule has 0 N–H and O–H groups in total. The third-order valence-electron chi connectivity index (χ3n) is 5.79. The number of rotatable bonds is 6. The zero-order valence-electron chi connectivity index (χ0n) is 16.4. The van der Waals surface area contributed by atoms with Crippen LogP contribution in [0.1, 0.15) is 37.9 Å². The Morgan fingerprint density at radius 1 is 1.30 bits per heavy atom. The van der Waals surface area contributed by atoms with Crippen molar-refractivity contribution in [3.05, 3.63) is 12.0 Å². The third-order valence-corrected chi connectivity index (χ3v) is 5.79. The number of likely N-dealkylation sites (tertiary alicyclic amines) is 1. The molecule has 146 valence electrons. The molecule has 0 radical (unpaired) electrons. The number of hydrogen-bond acceptors (Lipinski definition) is 6. The van der Waals surface area contributed by atoms with E-state index in [4.69, 9.17) is 9.72 Å². The number of nitrogens with zero attached hydrogens (tertiary/aromatic N) is 6. The van der Waals surface area contributed by atoms with Crippen LogP contribution in [0.4, 0.5) is 5.82 Å². The summed E-state index contributed by atoms with van der Waals surface area (Å²) in [7, 11) is 5.56. The molecule has 0 aromatic carbocycles. The van der Waals surface area contributed by atoms with E-state index in [-0.39, 0.29) is 0 Å². The molecule has 27 heavy (non-hydrogen) atoms. The van der Waals surface area contributed by atoms with E-state index in [1.165, 1.54) is 12.8 Å². The van der Waals surface area contributed by atoms with Gasteiger partial charge in [-0.3, -0.25) is 9.48 Å². The highest BCUT2D eigenvalue weighted by atomic mass is 16.5. The SMILES string of the molecule is COCc1nc(N(C)CC2CC(=O)N(C3CCCC3)C2)c2cnn(C)c2n1. The van der Waals surface area contributed by atoms with E-state index in [9.17, 15) is 4.79 Å². The number of anilines is 1. The standard InChI is InChI=1S/C19H28N6O2/c1-23(10-13-8-17(26)25(11-13)14-6-4-5-7-14)18-15-9-20-24(2)19(15)22-16(21-18)12-27-3/h9,13-14H,4-8,10-12H2,1-3H3. The molecule has 1 saturated carbocycles. The van der Waals surface area contributed by atoms with E-state index in [0.29, 0.717) is 36.7 Å². The summed E-state index contributed by atoms with van der Waals surface area (Å²) >= 11 is 0. The summed E-state index contributed by atoms with van der Waals surface area (Å²) < 4.78 is 6.98. The Morgan fingerprint density at radius 3 is 2.81 bits per heavy atom.